The molecule has 0 radical (unpaired) electrons. The summed E-state index contributed by atoms with van der Waals surface area (Å²) in [6.07, 6.45) is 1.62. The number of rotatable bonds is 5. The Labute approximate surface area is 157 Å². The molecule has 142 valence electrons. The van der Waals surface area contributed by atoms with Crippen LogP contribution in [0, 0.1) is 0 Å². The minimum atomic E-state index is -0.727. The Morgan fingerprint density at radius 1 is 1.33 bits per heavy atom. The van der Waals surface area contributed by atoms with Crippen molar-refractivity contribution in [1.82, 2.24) is 20.4 Å². The van der Waals surface area contributed by atoms with Crippen LogP contribution in [0.4, 0.5) is 5.69 Å². The molecular weight excluding hydrogens is 346 g/mol. The van der Waals surface area contributed by atoms with Gasteiger partial charge in [0.25, 0.3) is 5.91 Å². The molecule has 2 amide bonds. The molecule has 2 atom stereocenters. The number of carbonyl (C=O) groups excluding carboxylic acids is 2. The first-order chi connectivity index (χ1) is 12.9. The lowest BCUT2D eigenvalue weighted by Crippen LogP contribution is -2.61. The van der Waals surface area contributed by atoms with E-state index < -0.39 is 5.66 Å². The Kier molecular flexibility index (Phi) is 4.22. The van der Waals surface area contributed by atoms with Crippen LogP contribution in [0.15, 0.2) is 28.8 Å². The molecule has 2 unspecified atom stereocenters. The van der Waals surface area contributed by atoms with Crippen LogP contribution in [-0.4, -0.2) is 45.6 Å². The molecule has 8 nitrogen and oxygen atoms in total. The third-order valence-electron chi connectivity index (χ3n) is 5.53. The monoisotopic (exact) mass is 369 g/mol. The van der Waals surface area contributed by atoms with Crippen LogP contribution in [0.2, 0.25) is 0 Å². The summed E-state index contributed by atoms with van der Waals surface area (Å²) in [7, 11) is 1.88. The molecule has 1 N–H and O–H groups in total. The second kappa shape index (κ2) is 6.45. The van der Waals surface area contributed by atoms with Crippen LogP contribution in [0.1, 0.15) is 48.8 Å². The van der Waals surface area contributed by atoms with Gasteiger partial charge in [-0.3, -0.25) is 14.5 Å². The summed E-state index contributed by atoms with van der Waals surface area (Å²) < 4.78 is 5.38. The van der Waals surface area contributed by atoms with E-state index >= 15 is 0 Å². The summed E-state index contributed by atoms with van der Waals surface area (Å²) in [5.74, 6) is 0.877. The van der Waals surface area contributed by atoms with Gasteiger partial charge in [0.2, 0.25) is 11.8 Å². The summed E-state index contributed by atoms with van der Waals surface area (Å²) in [6, 6.07) is 7.46. The van der Waals surface area contributed by atoms with Crippen molar-refractivity contribution < 1.29 is 14.1 Å². The second-order valence-electron chi connectivity index (χ2n) is 7.35. The van der Waals surface area contributed by atoms with E-state index in [9.17, 15) is 9.59 Å². The van der Waals surface area contributed by atoms with E-state index in [4.69, 9.17) is 4.52 Å². The number of carbonyl (C=O) groups is 2. The van der Waals surface area contributed by atoms with Crippen molar-refractivity contribution in [1.29, 1.82) is 0 Å². The molecule has 3 heterocycles. The Bertz CT molecular complexity index is 895. The fraction of sp³-hybridized carbons (Fsp3) is 0.474. The average Bonchev–Trinajstić information content (AvgIpc) is 3.23. The standard InChI is InChI=1S/C19H23N5O3/c1-12(20-3)10-15-21-16(27-22-15)11-23-18(26)13-6-4-5-7-14(13)24-17(25)8-9-19(23,24)2/h4-7,12,20H,8-11H2,1-3H3. The third-order valence-corrected chi connectivity index (χ3v) is 5.53. The van der Waals surface area contributed by atoms with E-state index in [-0.39, 0.29) is 24.4 Å². The van der Waals surface area contributed by atoms with E-state index in [1.165, 1.54) is 0 Å². The zero-order valence-corrected chi connectivity index (χ0v) is 15.7. The maximum atomic E-state index is 13.2. The number of aromatic nitrogens is 2. The summed E-state index contributed by atoms with van der Waals surface area (Å²) in [6.45, 7) is 4.13. The van der Waals surface area contributed by atoms with Crippen LogP contribution in [0.3, 0.4) is 0 Å². The molecule has 0 saturated carbocycles. The maximum absolute atomic E-state index is 13.2. The van der Waals surface area contributed by atoms with Crippen LogP contribution in [-0.2, 0) is 17.8 Å². The summed E-state index contributed by atoms with van der Waals surface area (Å²) in [5, 5.41) is 7.15. The predicted octanol–water partition coefficient (Wildman–Crippen LogP) is 1.72. The van der Waals surface area contributed by atoms with Crippen molar-refractivity contribution in [3.63, 3.8) is 0 Å². The van der Waals surface area contributed by atoms with Gasteiger partial charge in [-0.25, -0.2) is 0 Å². The first-order valence-corrected chi connectivity index (χ1v) is 9.17. The van der Waals surface area contributed by atoms with Gasteiger partial charge < -0.3 is 14.7 Å². The number of hydrogen-bond donors (Lipinski definition) is 1. The minimum absolute atomic E-state index is 0.0245. The number of para-hydroxylation sites is 1. The number of likely N-dealkylation sites (N-methyl/N-ethyl adjacent to an activating group) is 1. The Balaban J connectivity index is 1.67. The molecule has 2 aliphatic rings. The molecular formula is C19H23N5O3. The van der Waals surface area contributed by atoms with Gasteiger partial charge in [-0.2, -0.15) is 4.98 Å². The van der Waals surface area contributed by atoms with Crippen molar-refractivity contribution in [3.8, 4) is 0 Å². The lowest BCUT2D eigenvalue weighted by molar-refractivity contribution is -0.117. The lowest BCUT2D eigenvalue weighted by atomic mass is 9.98. The summed E-state index contributed by atoms with van der Waals surface area (Å²) >= 11 is 0. The maximum Gasteiger partial charge on any atom is 0.258 e. The first kappa shape index (κ1) is 17.7. The molecule has 1 aromatic carbocycles. The van der Waals surface area contributed by atoms with Crippen molar-refractivity contribution in [2.45, 2.75) is 51.4 Å². The molecule has 1 fully saturated rings. The molecule has 0 spiro atoms. The number of nitrogens with zero attached hydrogens (tertiary/aromatic N) is 4. The first-order valence-electron chi connectivity index (χ1n) is 9.17. The highest BCUT2D eigenvalue weighted by molar-refractivity contribution is 6.10. The molecule has 4 rings (SSSR count). The Morgan fingerprint density at radius 3 is 2.89 bits per heavy atom. The van der Waals surface area contributed by atoms with Gasteiger partial charge >= 0.3 is 0 Å². The van der Waals surface area contributed by atoms with Gasteiger partial charge in [-0.05, 0) is 39.4 Å². The van der Waals surface area contributed by atoms with E-state index in [0.717, 1.165) is 0 Å². The highest BCUT2D eigenvalue weighted by Gasteiger charge is 2.53. The zero-order valence-electron chi connectivity index (χ0n) is 15.7. The van der Waals surface area contributed by atoms with Crippen molar-refractivity contribution in [3.05, 3.63) is 41.5 Å². The highest BCUT2D eigenvalue weighted by atomic mass is 16.5. The number of hydrogen-bond acceptors (Lipinski definition) is 6. The SMILES string of the molecule is CNC(C)Cc1noc(CN2C(=O)c3ccccc3N3C(=O)CCC23C)n1. The number of benzene rings is 1. The fourth-order valence-electron chi connectivity index (χ4n) is 3.89. The van der Waals surface area contributed by atoms with Gasteiger partial charge in [-0.1, -0.05) is 17.3 Å². The van der Waals surface area contributed by atoms with Crippen molar-refractivity contribution in [2.24, 2.45) is 0 Å². The lowest BCUT2D eigenvalue weighted by Gasteiger charge is -2.48. The van der Waals surface area contributed by atoms with Gasteiger partial charge in [0, 0.05) is 18.9 Å². The van der Waals surface area contributed by atoms with Crippen molar-refractivity contribution in [2.75, 3.05) is 11.9 Å². The van der Waals surface area contributed by atoms with Crippen LogP contribution in [0.5, 0.6) is 0 Å². The smallest absolute Gasteiger partial charge is 0.258 e. The zero-order chi connectivity index (χ0) is 19.2. The summed E-state index contributed by atoms with van der Waals surface area (Å²) in [5.41, 5.74) is 0.474. The molecule has 2 aromatic rings. The predicted molar refractivity (Wildman–Crippen MR) is 98.0 cm³/mol. The van der Waals surface area contributed by atoms with Gasteiger partial charge in [0.15, 0.2) is 5.82 Å². The Hall–Kier alpha value is -2.74. The van der Waals surface area contributed by atoms with Gasteiger partial charge in [-0.15, -0.1) is 0 Å². The van der Waals surface area contributed by atoms with Gasteiger partial charge in [0.05, 0.1) is 11.3 Å². The highest BCUT2D eigenvalue weighted by Crippen LogP contribution is 2.44. The second-order valence-corrected chi connectivity index (χ2v) is 7.35. The minimum Gasteiger partial charge on any atom is -0.337 e. The molecule has 1 saturated heterocycles. The van der Waals surface area contributed by atoms with E-state index in [1.807, 2.05) is 39.1 Å². The van der Waals surface area contributed by atoms with Crippen LogP contribution < -0.4 is 10.2 Å². The van der Waals surface area contributed by atoms with Crippen molar-refractivity contribution >= 4 is 17.5 Å². The molecule has 0 aliphatic carbocycles. The van der Waals surface area contributed by atoms with E-state index in [2.05, 4.69) is 15.5 Å². The third kappa shape index (κ3) is 2.80. The summed E-state index contributed by atoms with van der Waals surface area (Å²) in [4.78, 5) is 33.6. The van der Waals surface area contributed by atoms with E-state index in [0.29, 0.717) is 42.2 Å². The normalized spacial score (nSPS) is 22.8. The largest absolute Gasteiger partial charge is 0.337 e. The number of nitrogens with one attached hydrogen (secondary N) is 1. The molecule has 8 heteroatoms. The molecule has 27 heavy (non-hydrogen) atoms. The Morgan fingerprint density at radius 2 is 2.11 bits per heavy atom. The topological polar surface area (TPSA) is 91.6 Å². The van der Waals surface area contributed by atoms with Gasteiger partial charge in [0.1, 0.15) is 12.2 Å². The quantitative estimate of drug-likeness (QED) is 0.863. The number of amides is 2. The van der Waals surface area contributed by atoms with Crippen LogP contribution in [0.25, 0.3) is 0 Å². The number of fused-ring (bicyclic) bond motifs is 3. The van der Waals surface area contributed by atoms with E-state index in [1.54, 1.807) is 15.9 Å². The average molecular weight is 369 g/mol. The van der Waals surface area contributed by atoms with Crippen LogP contribution >= 0.6 is 0 Å². The molecule has 2 aliphatic heterocycles. The fourth-order valence-corrected chi connectivity index (χ4v) is 3.89. The number of anilines is 1. The molecule has 0 bridgehead atoms. The molecule has 1 aromatic heterocycles.